The summed E-state index contributed by atoms with van der Waals surface area (Å²) in [5.74, 6) is 1.48. The molecule has 0 fully saturated rings. The van der Waals surface area contributed by atoms with Crippen LogP contribution in [0, 0.1) is 0 Å². The molecule has 0 bridgehead atoms. The Bertz CT molecular complexity index is 826. The van der Waals surface area contributed by atoms with Gasteiger partial charge in [0.05, 0.1) is 11.9 Å². The summed E-state index contributed by atoms with van der Waals surface area (Å²) in [6.07, 6.45) is 10.5. The van der Waals surface area contributed by atoms with Crippen LogP contribution < -0.4 is 5.32 Å². The zero-order valence-corrected chi connectivity index (χ0v) is 15.8. The van der Waals surface area contributed by atoms with Crippen molar-refractivity contribution in [2.24, 2.45) is 0 Å². The van der Waals surface area contributed by atoms with Crippen LogP contribution in [0.3, 0.4) is 0 Å². The van der Waals surface area contributed by atoms with Gasteiger partial charge in [-0.3, -0.25) is 4.79 Å². The molecule has 0 unspecified atom stereocenters. The summed E-state index contributed by atoms with van der Waals surface area (Å²) in [5.41, 5.74) is 4.48. The number of hydrogen-bond donors (Lipinski definition) is 1. The minimum atomic E-state index is 0.0227. The van der Waals surface area contributed by atoms with Gasteiger partial charge in [0.15, 0.2) is 0 Å². The van der Waals surface area contributed by atoms with E-state index in [1.807, 2.05) is 18.3 Å². The Morgan fingerprint density at radius 2 is 2.04 bits per heavy atom. The fourth-order valence-corrected chi connectivity index (χ4v) is 3.24. The fourth-order valence-electron chi connectivity index (χ4n) is 3.24. The van der Waals surface area contributed by atoms with Crippen LogP contribution in [0.1, 0.15) is 56.6 Å². The minimum Gasteiger partial charge on any atom is -0.328 e. The Morgan fingerprint density at radius 3 is 2.65 bits per heavy atom. The quantitative estimate of drug-likeness (QED) is 0.769. The molecule has 0 atom stereocenters. The number of carbonyl (C=O) groups excluding carboxylic acids is 1. The van der Waals surface area contributed by atoms with Crippen molar-refractivity contribution in [2.75, 3.05) is 5.32 Å². The summed E-state index contributed by atoms with van der Waals surface area (Å²) in [5, 5.41) is 2.98. The lowest BCUT2D eigenvalue weighted by Gasteiger charge is -2.10. The Morgan fingerprint density at radius 1 is 1.27 bits per heavy atom. The smallest absolute Gasteiger partial charge is 0.224 e. The van der Waals surface area contributed by atoms with Crippen molar-refractivity contribution in [1.82, 2.24) is 9.55 Å². The van der Waals surface area contributed by atoms with Crippen LogP contribution in [-0.2, 0) is 17.8 Å². The number of aryl methyl sites for hydroxylation is 1. The Hall–Kier alpha value is -2.62. The molecule has 2 aromatic rings. The molecule has 1 N–H and O–H groups in total. The van der Waals surface area contributed by atoms with Gasteiger partial charge in [-0.1, -0.05) is 44.2 Å². The maximum absolute atomic E-state index is 12.3. The highest BCUT2D eigenvalue weighted by Gasteiger charge is 2.13. The molecule has 26 heavy (non-hydrogen) atoms. The van der Waals surface area contributed by atoms with Crippen LogP contribution in [0.15, 0.2) is 48.7 Å². The van der Waals surface area contributed by atoms with Gasteiger partial charge in [-0.2, -0.15) is 0 Å². The van der Waals surface area contributed by atoms with Crippen LogP contribution in [0.25, 0.3) is 5.57 Å². The second-order valence-electron chi connectivity index (χ2n) is 6.93. The van der Waals surface area contributed by atoms with Gasteiger partial charge in [0.25, 0.3) is 0 Å². The first kappa shape index (κ1) is 18.2. The largest absolute Gasteiger partial charge is 0.328 e. The van der Waals surface area contributed by atoms with E-state index in [1.165, 1.54) is 11.1 Å². The van der Waals surface area contributed by atoms with E-state index in [4.69, 9.17) is 0 Å². The molecule has 1 amide bonds. The number of carbonyl (C=O) groups is 1. The average molecular weight is 349 g/mol. The number of allylic oxidation sites excluding steroid dienone is 4. The lowest BCUT2D eigenvalue weighted by Crippen LogP contribution is -2.14. The molecule has 1 aliphatic rings. The third-order valence-electron chi connectivity index (χ3n) is 4.76. The van der Waals surface area contributed by atoms with Gasteiger partial charge >= 0.3 is 0 Å². The highest BCUT2D eigenvalue weighted by Crippen LogP contribution is 2.23. The number of nitrogens with one attached hydrogen (secondary N) is 1. The summed E-state index contributed by atoms with van der Waals surface area (Å²) in [4.78, 5) is 16.8. The maximum atomic E-state index is 12.3. The third kappa shape index (κ3) is 4.13. The SMILES string of the molecule is CCn1c(C2=CCC=C2)cnc1CCC(=O)Nc1ccc(C(C)C)cc1. The number of nitrogens with zero attached hydrogens (tertiary/aromatic N) is 2. The number of imidazole rings is 1. The molecule has 0 saturated heterocycles. The maximum Gasteiger partial charge on any atom is 0.224 e. The van der Waals surface area contributed by atoms with E-state index in [-0.39, 0.29) is 5.91 Å². The molecular formula is C22H27N3O. The predicted octanol–water partition coefficient (Wildman–Crippen LogP) is 4.94. The molecule has 0 spiro atoms. The second-order valence-corrected chi connectivity index (χ2v) is 6.93. The molecule has 1 aromatic heterocycles. The van der Waals surface area contributed by atoms with E-state index in [9.17, 15) is 4.79 Å². The van der Waals surface area contributed by atoms with Crippen molar-refractivity contribution in [3.05, 3.63) is 65.8 Å². The summed E-state index contributed by atoms with van der Waals surface area (Å²) >= 11 is 0. The molecule has 0 aliphatic heterocycles. The monoisotopic (exact) mass is 349 g/mol. The average Bonchev–Trinajstić information content (AvgIpc) is 3.29. The van der Waals surface area contributed by atoms with Gasteiger partial charge in [0.1, 0.15) is 5.82 Å². The standard InChI is InChI=1S/C22H27N3O/c1-4-25-20(18-7-5-6-8-18)15-23-21(25)13-14-22(26)24-19-11-9-17(10-12-19)16(2)3/h5,7-12,15-16H,4,6,13-14H2,1-3H3,(H,24,26). The van der Waals surface area contributed by atoms with Gasteiger partial charge in [-0.25, -0.2) is 4.98 Å². The molecule has 3 rings (SSSR count). The van der Waals surface area contributed by atoms with Gasteiger partial charge in [-0.05, 0) is 42.5 Å². The van der Waals surface area contributed by atoms with E-state index in [0.717, 1.165) is 30.2 Å². The van der Waals surface area contributed by atoms with Gasteiger partial charge < -0.3 is 9.88 Å². The van der Waals surface area contributed by atoms with Crippen LogP contribution >= 0.6 is 0 Å². The van der Waals surface area contributed by atoms with Gasteiger partial charge in [-0.15, -0.1) is 0 Å². The number of benzene rings is 1. The zero-order chi connectivity index (χ0) is 18.5. The molecule has 1 aliphatic carbocycles. The fraction of sp³-hybridized carbons (Fsp3) is 0.364. The number of anilines is 1. The highest BCUT2D eigenvalue weighted by molar-refractivity contribution is 5.90. The summed E-state index contributed by atoms with van der Waals surface area (Å²) < 4.78 is 2.20. The van der Waals surface area contributed by atoms with Crippen molar-refractivity contribution < 1.29 is 4.79 Å². The van der Waals surface area contributed by atoms with Crippen molar-refractivity contribution in [3.63, 3.8) is 0 Å². The molecule has 0 saturated carbocycles. The Kier molecular flexibility index (Phi) is 5.71. The topological polar surface area (TPSA) is 46.9 Å². The lowest BCUT2D eigenvalue weighted by atomic mass is 10.0. The molecule has 1 aromatic carbocycles. The first-order valence-corrected chi connectivity index (χ1v) is 9.39. The number of hydrogen-bond acceptors (Lipinski definition) is 2. The molecule has 1 heterocycles. The Labute approximate surface area is 155 Å². The van der Waals surface area contributed by atoms with Crippen LogP contribution in [-0.4, -0.2) is 15.5 Å². The molecule has 136 valence electrons. The second kappa shape index (κ2) is 8.17. The van der Waals surface area contributed by atoms with E-state index < -0.39 is 0 Å². The van der Waals surface area contributed by atoms with Crippen molar-refractivity contribution in [1.29, 1.82) is 0 Å². The summed E-state index contributed by atoms with van der Waals surface area (Å²) in [6, 6.07) is 8.08. The molecule has 4 heteroatoms. The number of amides is 1. The molecular weight excluding hydrogens is 322 g/mol. The van der Waals surface area contributed by atoms with E-state index in [2.05, 4.69) is 66.0 Å². The lowest BCUT2D eigenvalue weighted by molar-refractivity contribution is -0.116. The summed E-state index contributed by atoms with van der Waals surface area (Å²) in [7, 11) is 0. The zero-order valence-electron chi connectivity index (χ0n) is 15.8. The van der Waals surface area contributed by atoms with E-state index in [0.29, 0.717) is 18.8 Å². The summed E-state index contributed by atoms with van der Waals surface area (Å²) in [6.45, 7) is 7.29. The Balaban J connectivity index is 1.60. The first-order valence-electron chi connectivity index (χ1n) is 9.39. The van der Waals surface area contributed by atoms with E-state index >= 15 is 0 Å². The van der Waals surface area contributed by atoms with Crippen LogP contribution in [0.5, 0.6) is 0 Å². The molecule has 0 radical (unpaired) electrons. The van der Waals surface area contributed by atoms with Crippen molar-refractivity contribution in [2.45, 2.75) is 52.5 Å². The normalized spacial score (nSPS) is 13.3. The number of aromatic nitrogens is 2. The highest BCUT2D eigenvalue weighted by atomic mass is 16.1. The predicted molar refractivity (Wildman–Crippen MR) is 107 cm³/mol. The third-order valence-corrected chi connectivity index (χ3v) is 4.76. The van der Waals surface area contributed by atoms with Crippen molar-refractivity contribution in [3.8, 4) is 0 Å². The van der Waals surface area contributed by atoms with Gasteiger partial charge in [0.2, 0.25) is 5.91 Å². The van der Waals surface area contributed by atoms with E-state index in [1.54, 1.807) is 0 Å². The molecule has 4 nitrogen and oxygen atoms in total. The van der Waals surface area contributed by atoms with Crippen molar-refractivity contribution >= 4 is 17.2 Å². The minimum absolute atomic E-state index is 0.0227. The van der Waals surface area contributed by atoms with Crippen LogP contribution in [0.4, 0.5) is 5.69 Å². The van der Waals surface area contributed by atoms with Crippen LogP contribution in [0.2, 0.25) is 0 Å². The van der Waals surface area contributed by atoms with Gasteiger partial charge in [0, 0.05) is 25.1 Å². The first-order chi connectivity index (χ1) is 12.6. The number of rotatable bonds is 7.